The first-order chi connectivity index (χ1) is 18.9. The summed E-state index contributed by atoms with van der Waals surface area (Å²) in [6.07, 6.45) is -3.42. The SMILES string of the molecule is Cc1cc(C(NC(=O)c2cc(CN3CCOC3=N)cc(-c3ccc(F)cc3C(F)(F)F)c2F)C2CC2)ccc1F. The number of alkyl halides is 3. The minimum Gasteiger partial charge on any atom is -0.463 e. The first-order valence-electron chi connectivity index (χ1n) is 12.6. The van der Waals surface area contributed by atoms with Crippen LogP contribution < -0.4 is 5.32 Å². The number of aryl methyl sites for hydroxylation is 1. The van der Waals surface area contributed by atoms with Gasteiger partial charge >= 0.3 is 6.18 Å². The number of ether oxygens (including phenoxy) is 1. The fourth-order valence-electron chi connectivity index (χ4n) is 4.92. The molecule has 1 aliphatic carbocycles. The maximum Gasteiger partial charge on any atom is 0.417 e. The lowest BCUT2D eigenvalue weighted by molar-refractivity contribution is -0.137. The number of nitrogens with zero attached hydrogens (tertiary/aromatic N) is 1. The van der Waals surface area contributed by atoms with Crippen molar-refractivity contribution < 1.29 is 35.9 Å². The average molecular weight is 562 g/mol. The summed E-state index contributed by atoms with van der Waals surface area (Å²) in [6, 6.07) is 8.01. The zero-order valence-corrected chi connectivity index (χ0v) is 21.3. The fraction of sp³-hybridized carbons (Fsp3) is 0.310. The van der Waals surface area contributed by atoms with Crippen molar-refractivity contribution in [1.82, 2.24) is 10.2 Å². The smallest absolute Gasteiger partial charge is 0.417 e. The second-order valence-corrected chi connectivity index (χ2v) is 10.1. The third kappa shape index (κ3) is 5.64. The molecule has 3 aromatic carbocycles. The van der Waals surface area contributed by atoms with Crippen molar-refractivity contribution in [1.29, 1.82) is 5.41 Å². The molecule has 1 saturated heterocycles. The van der Waals surface area contributed by atoms with Gasteiger partial charge in [0.2, 0.25) is 0 Å². The Morgan fingerprint density at radius 1 is 1.07 bits per heavy atom. The van der Waals surface area contributed by atoms with Crippen LogP contribution in [0.1, 0.15) is 51.5 Å². The molecule has 5 rings (SSSR count). The third-order valence-corrected chi connectivity index (χ3v) is 7.14. The number of benzene rings is 3. The maximum atomic E-state index is 16.0. The molecule has 0 aromatic heterocycles. The van der Waals surface area contributed by atoms with Crippen LogP contribution in [0.3, 0.4) is 0 Å². The first-order valence-corrected chi connectivity index (χ1v) is 12.6. The highest BCUT2D eigenvalue weighted by Gasteiger charge is 2.37. The van der Waals surface area contributed by atoms with Gasteiger partial charge in [0.05, 0.1) is 23.7 Å². The Morgan fingerprint density at radius 3 is 2.45 bits per heavy atom. The van der Waals surface area contributed by atoms with Crippen molar-refractivity contribution in [3.8, 4) is 11.1 Å². The monoisotopic (exact) mass is 561 g/mol. The zero-order valence-electron chi connectivity index (χ0n) is 21.3. The van der Waals surface area contributed by atoms with Crippen LogP contribution in [-0.2, 0) is 17.5 Å². The van der Waals surface area contributed by atoms with Gasteiger partial charge in [0.1, 0.15) is 24.1 Å². The van der Waals surface area contributed by atoms with Gasteiger partial charge in [-0.2, -0.15) is 13.2 Å². The Hall–Kier alpha value is -4.02. The largest absolute Gasteiger partial charge is 0.463 e. The van der Waals surface area contributed by atoms with E-state index in [4.69, 9.17) is 10.1 Å². The minimum absolute atomic E-state index is 0.0296. The topological polar surface area (TPSA) is 65.4 Å². The van der Waals surface area contributed by atoms with Crippen LogP contribution in [0.4, 0.5) is 26.3 Å². The zero-order chi connectivity index (χ0) is 28.8. The van der Waals surface area contributed by atoms with E-state index in [0.717, 1.165) is 25.0 Å². The van der Waals surface area contributed by atoms with E-state index in [-0.39, 0.29) is 36.7 Å². The summed E-state index contributed by atoms with van der Waals surface area (Å²) in [7, 11) is 0. The average Bonchev–Trinajstić information content (AvgIpc) is 3.66. The van der Waals surface area contributed by atoms with Crippen molar-refractivity contribution in [2.45, 2.75) is 38.5 Å². The molecule has 1 aliphatic heterocycles. The highest BCUT2D eigenvalue weighted by Crippen LogP contribution is 2.42. The highest BCUT2D eigenvalue weighted by atomic mass is 19.4. The van der Waals surface area contributed by atoms with E-state index in [0.29, 0.717) is 17.7 Å². The number of hydrogen-bond acceptors (Lipinski definition) is 3. The molecule has 1 unspecified atom stereocenters. The van der Waals surface area contributed by atoms with Crippen molar-refractivity contribution in [3.05, 3.63) is 93.8 Å². The van der Waals surface area contributed by atoms with Gasteiger partial charge in [-0.05, 0) is 78.3 Å². The number of rotatable bonds is 7. The number of halogens is 6. The molecule has 2 fully saturated rings. The molecular formula is C29H25F6N3O2. The van der Waals surface area contributed by atoms with Gasteiger partial charge in [0.25, 0.3) is 11.9 Å². The van der Waals surface area contributed by atoms with Crippen molar-refractivity contribution >= 4 is 11.9 Å². The van der Waals surface area contributed by atoms with E-state index in [2.05, 4.69) is 5.32 Å². The van der Waals surface area contributed by atoms with E-state index in [1.807, 2.05) is 0 Å². The quantitative estimate of drug-likeness (QED) is 0.314. The Labute approximate surface area is 226 Å². The molecule has 1 saturated carbocycles. The lowest BCUT2D eigenvalue weighted by Gasteiger charge is -2.22. The highest BCUT2D eigenvalue weighted by molar-refractivity contribution is 5.96. The Kier molecular flexibility index (Phi) is 7.24. The first kappa shape index (κ1) is 27.5. The summed E-state index contributed by atoms with van der Waals surface area (Å²) in [4.78, 5) is 15.0. The predicted octanol–water partition coefficient (Wildman–Crippen LogP) is 6.75. The van der Waals surface area contributed by atoms with Crippen LogP contribution in [0.15, 0.2) is 48.5 Å². The Morgan fingerprint density at radius 2 is 1.82 bits per heavy atom. The minimum atomic E-state index is -5.00. The summed E-state index contributed by atoms with van der Waals surface area (Å²) in [5.74, 6) is -3.58. The molecule has 210 valence electrons. The molecule has 0 radical (unpaired) electrons. The van der Waals surface area contributed by atoms with E-state index < -0.39 is 57.8 Å². The lowest BCUT2D eigenvalue weighted by Crippen LogP contribution is -2.31. The summed E-state index contributed by atoms with van der Waals surface area (Å²) >= 11 is 0. The van der Waals surface area contributed by atoms with Crippen LogP contribution >= 0.6 is 0 Å². The Bertz CT molecular complexity index is 1490. The normalized spacial score (nSPS) is 16.2. The van der Waals surface area contributed by atoms with Gasteiger partial charge < -0.3 is 15.0 Å². The molecule has 2 N–H and O–H groups in total. The van der Waals surface area contributed by atoms with E-state index in [1.54, 1.807) is 13.0 Å². The maximum absolute atomic E-state index is 16.0. The molecule has 2 aliphatic rings. The van der Waals surface area contributed by atoms with Crippen molar-refractivity contribution in [3.63, 3.8) is 0 Å². The van der Waals surface area contributed by atoms with Crippen molar-refractivity contribution in [2.75, 3.05) is 13.2 Å². The predicted molar refractivity (Wildman–Crippen MR) is 135 cm³/mol. The molecule has 1 heterocycles. The molecule has 1 atom stereocenters. The summed E-state index contributed by atoms with van der Waals surface area (Å²) in [5, 5.41) is 10.7. The summed E-state index contributed by atoms with van der Waals surface area (Å²) in [5.41, 5.74) is -1.77. The molecule has 0 spiro atoms. The third-order valence-electron chi connectivity index (χ3n) is 7.14. The standard InChI is InChI=1S/C29H25F6N3O2/c1-15-10-18(4-7-24(15)31)26(17-2-3-17)37-27(39)22-12-16(14-38-8-9-40-28(38)36)11-21(25(22)32)20-6-5-19(30)13-23(20)29(33,34)35/h4-7,10-13,17,26,36H,2-3,8-9,14H2,1H3,(H,37,39). The van der Waals surface area contributed by atoms with Gasteiger partial charge in [0, 0.05) is 12.1 Å². The summed E-state index contributed by atoms with van der Waals surface area (Å²) < 4.78 is 90.3. The molecular weight excluding hydrogens is 536 g/mol. The van der Waals surface area contributed by atoms with Crippen LogP contribution in [0.25, 0.3) is 11.1 Å². The number of hydrogen-bond donors (Lipinski definition) is 2. The van der Waals surface area contributed by atoms with E-state index >= 15 is 4.39 Å². The van der Waals surface area contributed by atoms with Gasteiger partial charge in [-0.25, -0.2) is 13.2 Å². The van der Waals surface area contributed by atoms with E-state index in [9.17, 15) is 26.7 Å². The van der Waals surface area contributed by atoms with E-state index in [1.165, 1.54) is 29.2 Å². The van der Waals surface area contributed by atoms with Crippen LogP contribution in [-0.4, -0.2) is 30.0 Å². The number of amides is 1. The summed E-state index contributed by atoms with van der Waals surface area (Å²) in [6.45, 7) is 2.11. The van der Waals surface area contributed by atoms with Crippen LogP contribution in [0.5, 0.6) is 0 Å². The van der Waals surface area contributed by atoms with Gasteiger partial charge in [-0.15, -0.1) is 0 Å². The molecule has 40 heavy (non-hydrogen) atoms. The second-order valence-electron chi connectivity index (χ2n) is 10.1. The lowest BCUT2D eigenvalue weighted by atomic mass is 9.93. The van der Waals surface area contributed by atoms with Gasteiger partial charge in [-0.1, -0.05) is 18.2 Å². The van der Waals surface area contributed by atoms with Gasteiger partial charge in [0.15, 0.2) is 0 Å². The molecule has 3 aromatic rings. The van der Waals surface area contributed by atoms with Crippen LogP contribution in [0.2, 0.25) is 0 Å². The fourth-order valence-corrected chi connectivity index (χ4v) is 4.92. The molecule has 0 bridgehead atoms. The Balaban J connectivity index is 1.58. The number of amidine groups is 1. The molecule has 11 heteroatoms. The molecule has 5 nitrogen and oxygen atoms in total. The van der Waals surface area contributed by atoms with Gasteiger partial charge in [-0.3, -0.25) is 10.2 Å². The molecule has 1 amide bonds. The second kappa shape index (κ2) is 10.5. The number of carbonyl (C=O) groups is 1. The number of nitrogens with one attached hydrogen (secondary N) is 2. The van der Waals surface area contributed by atoms with Crippen LogP contribution in [0, 0.1) is 35.7 Å². The number of carbonyl (C=O) groups excluding carboxylic acids is 1. The van der Waals surface area contributed by atoms with Crippen molar-refractivity contribution in [2.24, 2.45) is 5.92 Å².